The second-order valence-corrected chi connectivity index (χ2v) is 6.75. The van der Waals surface area contributed by atoms with Crippen LogP contribution >= 0.6 is 0 Å². The van der Waals surface area contributed by atoms with E-state index in [0.717, 1.165) is 17.0 Å². The number of aromatic nitrogens is 3. The molecule has 0 amide bonds. The highest BCUT2D eigenvalue weighted by Crippen LogP contribution is 2.35. The predicted octanol–water partition coefficient (Wildman–Crippen LogP) is 3.14. The molecule has 0 radical (unpaired) electrons. The van der Waals surface area contributed by atoms with Crippen molar-refractivity contribution in [1.29, 1.82) is 5.26 Å². The van der Waals surface area contributed by atoms with Gasteiger partial charge in [-0.15, -0.1) is 0 Å². The lowest BCUT2D eigenvalue weighted by Gasteiger charge is -2.19. The van der Waals surface area contributed by atoms with Gasteiger partial charge in [0.05, 0.1) is 18.2 Å². The maximum atomic E-state index is 13.8. The van der Waals surface area contributed by atoms with E-state index in [0.29, 0.717) is 19.3 Å². The van der Waals surface area contributed by atoms with Crippen molar-refractivity contribution >= 4 is 0 Å². The Morgan fingerprint density at radius 3 is 2.88 bits per heavy atom. The van der Waals surface area contributed by atoms with Gasteiger partial charge in [-0.05, 0) is 49.4 Å². The van der Waals surface area contributed by atoms with Gasteiger partial charge in [0.1, 0.15) is 11.6 Å². The molecule has 0 bridgehead atoms. The molecule has 0 saturated heterocycles. The lowest BCUT2D eigenvalue weighted by Crippen LogP contribution is -2.30. The monoisotopic (exact) mass is 328 g/mol. The van der Waals surface area contributed by atoms with Crippen LogP contribution < -0.4 is 5.69 Å². The van der Waals surface area contributed by atoms with E-state index < -0.39 is 0 Å². The summed E-state index contributed by atoms with van der Waals surface area (Å²) in [5.41, 5.74) is 1.48. The van der Waals surface area contributed by atoms with E-state index in [1.54, 1.807) is 4.57 Å². The molecular formula is C18H21FN4O. The number of halogens is 1. The molecular weight excluding hydrogens is 307 g/mol. The molecule has 0 N–H and O–H groups in total. The molecule has 0 spiro atoms. The molecule has 0 aliphatic carbocycles. The Kier molecular flexibility index (Phi) is 4.27. The highest BCUT2D eigenvalue weighted by Gasteiger charge is 2.35. The van der Waals surface area contributed by atoms with Gasteiger partial charge in [0.15, 0.2) is 0 Å². The maximum Gasteiger partial charge on any atom is 0.346 e. The average molecular weight is 328 g/mol. The highest BCUT2D eigenvalue weighted by atomic mass is 19.1. The molecule has 24 heavy (non-hydrogen) atoms. The van der Waals surface area contributed by atoms with Gasteiger partial charge in [-0.25, -0.2) is 13.9 Å². The van der Waals surface area contributed by atoms with Crippen LogP contribution in [-0.4, -0.2) is 14.3 Å². The third-order valence-electron chi connectivity index (χ3n) is 4.72. The van der Waals surface area contributed by atoms with Gasteiger partial charge >= 0.3 is 5.69 Å². The molecule has 1 aliphatic heterocycles. The summed E-state index contributed by atoms with van der Waals surface area (Å²) in [6.45, 7) is 5.80. The second-order valence-electron chi connectivity index (χ2n) is 6.75. The first kappa shape index (κ1) is 16.4. The van der Waals surface area contributed by atoms with Gasteiger partial charge < -0.3 is 0 Å². The molecule has 5 nitrogen and oxygen atoms in total. The molecule has 2 aromatic rings. The molecule has 2 heterocycles. The van der Waals surface area contributed by atoms with Gasteiger partial charge in [0.25, 0.3) is 0 Å². The van der Waals surface area contributed by atoms with Crippen molar-refractivity contribution in [3.63, 3.8) is 0 Å². The second kappa shape index (κ2) is 6.23. The number of rotatable bonds is 4. The molecule has 6 heteroatoms. The average Bonchev–Trinajstić information content (AvgIpc) is 2.99. The number of nitrogens with zero attached hydrogens (tertiary/aromatic N) is 4. The standard InChI is InChI=1S/C18H21FN4O/c1-11-7-14(10-15(19)8-11)17-12(2)9-16-21-23(18(24)22(16)17)13(3)5-4-6-20/h7-8,10,12-13,17H,4-5,9H2,1-3H3. The summed E-state index contributed by atoms with van der Waals surface area (Å²) >= 11 is 0. The number of nitriles is 1. The van der Waals surface area contributed by atoms with Crippen LogP contribution in [0.4, 0.5) is 4.39 Å². The molecule has 126 valence electrons. The van der Waals surface area contributed by atoms with E-state index in [1.807, 2.05) is 19.9 Å². The van der Waals surface area contributed by atoms with Crippen molar-refractivity contribution in [2.24, 2.45) is 5.92 Å². The summed E-state index contributed by atoms with van der Waals surface area (Å²) in [5, 5.41) is 13.2. The predicted molar refractivity (Wildman–Crippen MR) is 88.2 cm³/mol. The van der Waals surface area contributed by atoms with Crippen molar-refractivity contribution < 1.29 is 4.39 Å². The van der Waals surface area contributed by atoms with Gasteiger partial charge in [0, 0.05) is 12.8 Å². The number of hydrogen-bond donors (Lipinski definition) is 0. The quantitative estimate of drug-likeness (QED) is 0.866. The number of benzene rings is 1. The van der Waals surface area contributed by atoms with Crippen LogP contribution in [-0.2, 0) is 6.42 Å². The lowest BCUT2D eigenvalue weighted by molar-refractivity contribution is 0.408. The minimum absolute atomic E-state index is 0.125. The normalized spacial score (nSPS) is 20.6. The fourth-order valence-corrected chi connectivity index (χ4v) is 3.60. The fourth-order valence-electron chi connectivity index (χ4n) is 3.60. The van der Waals surface area contributed by atoms with Gasteiger partial charge in [0.2, 0.25) is 0 Å². The molecule has 3 atom stereocenters. The Morgan fingerprint density at radius 1 is 1.46 bits per heavy atom. The number of fused-ring (bicyclic) bond motifs is 1. The lowest BCUT2D eigenvalue weighted by atomic mass is 9.94. The Labute approximate surface area is 140 Å². The fraction of sp³-hybridized carbons (Fsp3) is 0.500. The van der Waals surface area contributed by atoms with Gasteiger partial charge in [-0.2, -0.15) is 10.4 Å². The summed E-state index contributed by atoms with van der Waals surface area (Å²) in [6, 6.07) is 6.70. The molecule has 3 unspecified atom stereocenters. The van der Waals surface area contributed by atoms with Crippen molar-refractivity contribution in [2.75, 3.05) is 0 Å². The third-order valence-corrected chi connectivity index (χ3v) is 4.72. The first-order chi connectivity index (χ1) is 11.4. The van der Waals surface area contributed by atoms with E-state index in [-0.39, 0.29) is 29.5 Å². The van der Waals surface area contributed by atoms with Crippen LogP contribution in [0.25, 0.3) is 0 Å². The summed E-state index contributed by atoms with van der Waals surface area (Å²) in [5.74, 6) is 0.641. The highest BCUT2D eigenvalue weighted by molar-refractivity contribution is 5.29. The summed E-state index contributed by atoms with van der Waals surface area (Å²) in [4.78, 5) is 12.9. The summed E-state index contributed by atoms with van der Waals surface area (Å²) in [6.07, 6.45) is 1.66. The SMILES string of the molecule is Cc1cc(F)cc(C2C(C)Cc3nn(C(C)CCC#N)c(=O)n32)c1. The minimum Gasteiger partial charge on any atom is -0.271 e. The van der Waals surface area contributed by atoms with Crippen LogP contribution in [0, 0.1) is 30.0 Å². The summed E-state index contributed by atoms with van der Waals surface area (Å²) in [7, 11) is 0. The van der Waals surface area contributed by atoms with Crippen LogP contribution in [0.15, 0.2) is 23.0 Å². The zero-order valence-corrected chi connectivity index (χ0v) is 14.2. The Hall–Kier alpha value is -2.42. The van der Waals surface area contributed by atoms with Crippen LogP contribution in [0.3, 0.4) is 0 Å². The van der Waals surface area contributed by atoms with E-state index in [2.05, 4.69) is 18.1 Å². The van der Waals surface area contributed by atoms with Crippen molar-refractivity contribution in [2.45, 2.75) is 52.1 Å². The van der Waals surface area contributed by atoms with E-state index in [1.165, 1.54) is 16.8 Å². The zero-order chi connectivity index (χ0) is 17.4. The number of aryl methyl sites for hydroxylation is 1. The molecule has 1 aromatic carbocycles. The molecule has 0 saturated carbocycles. The third kappa shape index (κ3) is 2.75. The van der Waals surface area contributed by atoms with Crippen molar-refractivity contribution in [3.8, 4) is 6.07 Å². The topological polar surface area (TPSA) is 63.6 Å². The Bertz CT molecular complexity index is 841. The summed E-state index contributed by atoms with van der Waals surface area (Å²) < 4.78 is 17.0. The maximum absolute atomic E-state index is 13.8. The first-order valence-electron chi connectivity index (χ1n) is 8.26. The van der Waals surface area contributed by atoms with Crippen molar-refractivity contribution in [1.82, 2.24) is 14.3 Å². The Morgan fingerprint density at radius 2 is 2.21 bits per heavy atom. The Balaban J connectivity index is 2.03. The van der Waals surface area contributed by atoms with Crippen molar-refractivity contribution in [3.05, 3.63) is 51.5 Å². The molecule has 1 aromatic heterocycles. The first-order valence-corrected chi connectivity index (χ1v) is 8.26. The van der Waals surface area contributed by atoms with E-state index >= 15 is 0 Å². The van der Waals surface area contributed by atoms with Crippen LogP contribution in [0.2, 0.25) is 0 Å². The zero-order valence-electron chi connectivity index (χ0n) is 14.2. The number of hydrogen-bond acceptors (Lipinski definition) is 3. The molecule has 3 rings (SSSR count). The van der Waals surface area contributed by atoms with Crippen LogP contribution in [0.1, 0.15) is 55.7 Å². The van der Waals surface area contributed by atoms with E-state index in [4.69, 9.17) is 5.26 Å². The molecule has 1 aliphatic rings. The van der Waals surface area contributed by atoms with Crippen LogP contribution in [0.5, 0.6) is 0 Å². The molecule has 0 fully saturated rings. The minimum atomic E-state index is -0.284. The van der Waals surface area contributed by atoms with Gasteiger partial charge in [-0.3, -0.25) is 4.57 Å². The van der Waals surface area contributed by atoms with E-state index in [9.17, 15) is 9.18 Å². The van der Waals surface area contributed by atoms with Gasteiger partial charge in [-0.1, -0.05) is 13.0 Å². The largest absolute Gasteiger partial charge is 0.346 e. The smallest absolute Gasteiger partial charge is 0.271 e.